The smallest absolute Gasteiger partial charge is 0.248 e. The molecule has 0 aromatic carbocycles. The van der Waals surface area contributed by atoms with Gasteiger partial charge in [0.1, 0.15) is 5.76 Å². The van der Waals surface area contributed by atoms with E-state index in [9.17, 15) is 4.79 Å². The summed E-state index contributed by atoms with van der Waals surface area (Å²) >= 11 is 0. The van der Waals surface area contributed by atoms with Gasteiger partial charge in [0.25, 0.3) is 0 Å². The maximum atomic E-state index is 10.7. The predicted octanol–water partition coefficient (Wildman–Crippen LogP) is 0.324. The van der Waals surface area contributed by atoms with E-state index in [1.165, 1.54) is 0 Å². The Hall–Kier alpha value is -0.990. The molecule has 2 aliphatic carbocycles. The van der Waals surface area contributed by atoms with Crippen LogP contribution in [0.15, 0.2) is 11.3 Å². The highest BCUT2D eigenvalue weighted by molar-refractivity contribution is 5.94. The van der Waals surface area contributed by atoms with Crippen LogP contribution in [0.1, 0.15) is 12.8 Å². The van der Waals surface area contributed by atoms with Gasteiger partial charge in [-0.25, -0.2) is 0 Å². The number of nitrogens with two attached hydrogens (primary N) is 1. The van der Waals surface area contributed by atoms with Gasteiger partial charge in [-0.05, 0) is 18.3 Å². The van der Waals surface area contributed by atoms with Gasteiger partial charge in [-0.2, -0.15) is 0 Å². The van der Waals surface area contributed by atoms with E-state index < -0.39 is 5.91 Å². The molecule has 1 fully saturated rings. The van der Waals surface area contributed by atoms with Crippen molar-refractivity contribution in [2.45, 2.75) is 12.8 Å². The molecule has 0 saturated heterocycles. The summed E-state index contributed by atoms with van der Waals surface area (Å²) < 4.78 is 0. The Bertz CT molecular complexity index is 232. The quantitative estimate of drug-likeness (QED) is 0.549. The second-order valence-corrected chi connectivity index (χ2v) is 3.03. The lowest BCUT2D eigenvalue weighted by Gasteiger charge is -1.97. The zero-order chi connectivity index (χ0) is 7.30. The molecule has 3 nitrogen and oxygen atoms in total. The molecule has 0 radical (unpaired) electrons. The highest BCUT2D eigenvalue weighted by Gasteiger charge is 2.49. The zero-order valence-corrected chi connectivity index (χ0v) is 5.50. The maximum Gasteiger partial charge on any atom is 0.248 e. The van der Waals surface area contributed by atoms with Gasteiger partial charge in [-0.15, -0.1) is 0 Å². The van der Waals surface area contributed by atoms with Gasteiger partial charge >= 0.3 is 0 Å². The van der Waals surface area contributed by atoms with Crippen LogP contribution in [0.3, 0.4) is 0 Å². The van der Waals surface area contributed by atoms with E-state index in [0.717, 1.165) is 6.42 Å². The first-order valence-corrected chi connectivity index (χ1v) is 3.42. The minimum Gasteiger partial charge on any atom is -0.512 e. The highest BCUT2D eigenvalue weighted by Crippen LogP contribution is 2.53. The molecule has 2 rings (SSSR count). The summed E-state index contributed by atoms with van der Waals surface area (Å²) in [6.45, 7) is 0. The van der Waals surface area contributed by atoms with Gasteiger partial charge in [-0.3, -0.25) is 4.79 Å². The third-order valence-corrected chi connectivity index (χ3v) is 2.33. The first kappa shape index (κ1) is 5.77. The number of hydrogen-bond acceptors (Lipinski definition) is 2. The van der Waals surface area contributed by atoms with Gasteiger partial charge in [0, 0.05) is 6.42 Å². The SMILES string of the molecule is NC(=O)C1=C(O)CC2CC12. The van der Waals surface area contributed by atoms with E-state index in [1.54, 1.807) is 0 Å². The molecule has 3 heteroatoms. The average molecular weight is 139 g/mol. The Morgan fingerprint density at radius 1 is 1.70 bits per heavy atom. The predicted molar refractivity (Wildman–Crippen MR) is 35.1 cm³/mol. The van der Waals surface area contributed by atoms with Crippen LogP contribution < -0.4 is 5.73 Å². The molecule has 2 aliphatic rings. The number of amides is 1. The first-order chi connectivity index (χ1) is 4.70. The molecule has 0 aliphatic heterocycles. The summed E-state index contributed by atoms with van der Waals surface area (Å²) in [5.74, 6) is 0.622. The number of aliphatic hydroxyl groups excluding tert-OH is 1. The Balaban J connectivity index is 2.31. The van der Waals surface area contributed by atoms with Crippen LogP contribution in [0.5, 0.6) is 0 Å². The van der Waals surface area contributed by atoms with Gasteiger partial charge in [-0.1, -0.05) is 0 Å². The van der Waals surface area contributed by atoms with Crippen molar-refractivity contribution in [3.8, 4) is 0 Å². The fourth-order valence-electron chi connectivity index (χ4n) is 1.72. The number of aliphatic hydroxyl groups is 1. The van der Waals surface area contributed by atoms with Crippen molar-refractivity contribution in [1.29, 1.82) is 0 Å². The summed E-state index contributed by atoms with van der Waals surface area (Å²) in [7, 11) is 0. The number of carbonyl (C=O) groups is 1. The van der Waals surface area contributed by atoms with E-state index >= 15 is 0 Å². The van der Waals surface area contributed by atoms with Crippen LogP contribution in [0.25, 0.3) is 0 Å². The van der Waals surface area contributed by atoms with Crippen LogP contribution in [0, 0.1) is 11.8 Å². The number of carbonyl (C=O) groups excluding carboxylic acids is 1. The summed E-state index contributed by atoms with van der Waals surface area (Å²) in [5, 5.41) is 9.14. The molecule has 0 bridgehead atoms. The number of hydrogen-bond donors (Lipinski definition) is 2. The van der Waals surface area contributed by atoms with Crippen molar-refractivity contribution in [2.24, 2.45) is 17.6 Å². The fourth-order valence-corrected chi connectivity index (χ4v) is 1.72. The Labute approximate surface area is 58.5 Å². The van der Waals surface area contributed by atoms with Gasteiger partial charge in [0.15, 0.2) is 0 Å². The molecule has 54 valence electrons. The lowest BCUT2D eigenvalue weighted by atomic mass is 10.2. The molecule has 0 aromatic rings. The zero-order valence-electron chi connectivity index (χ0n) is 5.50. The van der Waals surface area contributed by atoms with E-state index in [1.807, 2.05) is 0 Å². The van der Waals surface area contributed by atoms with E-state index in [-0.39, 0.29) is 5.76 Å². The second-order valence-electron chi connectivity index (χ2n) is 3.03. The molecule has 10 heavy (non-hydrogen) atoms. The fraction of sp³-hybridized carbons (Fsp3) is 0.571. The number of rotatable bonds is 1. The number of fused-ring (bicyclic) bond motifs is 1. The van der Waals surface area contributed by atoms with Crippen LogP contribution in [0.2, 0.25) is 0 Å². The molecule has 2 atom stereocenters. The summed E-state index contributed by atoms with van der Waals surface area (Å²) in [6.07, 6.45) is 1.71. The molecule has 3 N–H and O–H groups in total. The van der Waals surface area contributed by atoms with Crippen molar-refractivity contribution in [1.82, 2.24) is 0 Å². The van der Waals surface area contributed by atoms with E-state index in [0.29, 0.717) is 23.8 Å². The molecule has 1 saturated carbocycles. The van der Waals surface area contributed by atoms with Crippen LogP contribution in [-0.4, -0.2) is 11.0 Å². The van der Waals surface area contributed by atoms with Crippen molar-refractivity contribution in [3.63, 3.8) is 0 Å². The number of allylic oxidation sites excluding steroid dienone is 1. The van der Waals surface area contributed by atoms with Gasteiger partial charge in [0.05, 0.1) is 5.57 Å². The van der Waals surface area contributed by atoms with Crippen molar-refractivity contribution in [3.05, 3.63) is 11.3 Å². The lowest BCUT2D eigenvalue weighted by molar-refractivity contribution is -0.114. The largest absolute Gasteiger partial charge is 0.512 e. The normalized spacial score (nSPS) is 36.0. The molecule has 2 unspecified atom stereocenters. The van der Waals surface area contributed by atoms with Crippen molar-refractivity contribution >= 4 is 5.91 Å². The molecular formula is C7H9NO2. The lowest BCUT2D eigenvalue weighted by Crippen LogP contribution is -2.15. The third-order valence-electron chi connectivity index (χ3n) is 2.33. The first-order valence-electron chi connectivity index (χ1n) is 3.42. The minimum atomic E-state index is -0.442. The van der Waals surface area contributed by atoms with Gasteiger partial charge in [0.2, 0.25) is 5.91 Å². The molecule has 1 amide bonds. The van der Waals surface area contributed by atoms with Crippen LogP contribution in [-0.2, 0) is 4.79 Å². The minimum absolute atomic E-state index is 0.230. The van der Waals surface area contributed by atoms with Crippen molar-refractivity contribution < 1.29 is 9.90 Å². The Kier molecular flexibility index (Phi) is 0.886. The third kappa shape index (κ3) is 0.574. The van der Waals surface area contributed by atoms with E-state index in [2.05, 4.69) is 0 Å². The van der Waals surface area contributed by atoms with Gasteiger partial charge < -0.3 is 10.8 Å². The Morgan fingerprint density at radius 2 is 2.40 bits per heavy atom. The summed E-state index contributed by atoms with van der Waals surface area (Å²) in [5.41, 5.74) is 5.54. The van der Waals surface area contributed by atoms with E-state index in [4.69, 9.17) is 10.8 Å². The molecule has 0 heterocycles. The topological polar surface area (TPSA) is 63.3 Å². The monoisotopic (exact) mass is 139 g/mol. The molecule has 0 spiro atoms. The molecule has 0 aromatic heterocycles. The average Bonchev–Trinajstić information content (AvgIpc) is 2.42. The van der Waals surface area contributed by atoms with Crippen LogP contribution in [0.4, 0.5) is 0 Å². The number of primary amides is 1. The summed E-state index contributed by atoms with van der Waals surface area (Å²) in [4.78, 5) is 10.7. The Morgan fingerprint density at radius 3 is 2.70 bits per heavy atom. The summed E-state index contributed by atoms with van der Waals surface area (Å²) in [6, 6.07) is 0. The second kappa shape index (κ2) is 1.54. The van der Waals surface area contributed by atoms with Crippen LogP contribution >= 0.6 is 0 Å². The highest BCUT2D eigenvalue weighted by atomic mass is 16.3. The maximum absolute atomic E-state index is 10.7. The molecular weight excluding hydrogens is 130 g/mol. The van der Waals surface area contributed by atoms with Crippen molar-refractivity contribution in [2.75, 3.05) is 0 Å². The standard InChI is InChI=1S/C7H9NO2/c8-7(10)6-4-1-3(4)2-5(6)9/h3-4,9H,1-2H2,(H2,8,10).